The molecule has 0 saturated heterocycles. The number of nitrogens with zero attached hydrogens (tertiary/aromatic N) is 1. The van der Waals surface area contributed by atoms with Crippen molar-refractivity contribution >= 4 is 0 Å². The van der Waals surface area contributed by atoms with E-state index in [1.165, 1.54) is 16.8 Å². The summed E-state index contributed by atoms with van der Waals surface area (Å²) in [5.74, 6) is 0. The monoisotopic (exact) mass is 266 g/mol. The van der Waals surface area contributed by atoms with Crippen LogP contribution in [0.4, 0.5) is 0 Å². The molecule has 0 N–H and O–H groups in total. The van der Waals surface area contributed by atoms with Crippen molar-refractivity contribution in [2.45, 2.75) is 51.5 Å². The van der Waals surface area contributed by atoms with Gasteiger partial charge in [0, 0.05) is 17.7 Å². The minimum Gasteiger partial charge on any atom is -0.198 e. The molecule has 1 aromatic carbocycles. The van der Waals surface area contributed by atoms with Gasteiger partial charge in [-0.15, -0.1) is 0 Å². The van der Waals surface area contributed by atoms with Crippen LogP contribution in [-0.2, 0) is 17.4 Å². The van der Waals surface area contributed by atoms with Crippen LogP contribution in [0.2, 0.25) is 0 Å². The largest absolute Gasteiger partial charge is 0.198 e. The molecule has 1 aliphatic rings. The fourth-order valence-corrected chi connectivity index (χ4v) is 4.02. The van der Waals surface area contributed by atoms with E-state index in [1.807, 2.05) is 0 Å². The first-order chi connectivity index (χ1) is 9.40. The predicted molar refractivity (Wildman–Crippen MR) is 82.9 cm³/mol. The lowest BCUT2D eigenvalue weighted by Crippen LogP contribution is -2.48. The first-order valence-electron chi connectivity index (χ1n) is 7.47. The van der Waals surface area contributed by atoms with E-state index < -0.39 is 0 Å². The van der Waals surface area contributed by atoms with Crippen LogP contribution in [0, 0.1) is 0 Å². The highest BCUT2D eigenvalue weighted by molar-refractivity contribution is 5.34. The van der Waals surface area contributed by atoms with E-state index in [1.54, 1.807) is 0 Å². The minimum atomic E-state index is 0.179. The molecule has 0 radical (unpaired) electrons. The van der Waals surface area contributed by atoms with Crippen molar-refractivity contribution in [3.8, 4) is 0 Å². The Morgan fingerprint density at radius 1 is 0.850 bits per heavy atom. The van der Waals surface area contributed by atoms with E-state index in [4.69, 9.17) is 0 Å². The van der Waals surface area contributed by atoms with Gasteiger partial charge in [-0.1, -0.05) is 44.2 Å². The maximum Gasteiger partial charge on any atom is 0.187 e. The Bertz CT molecular complexity index is 582. The van der Waals surface area contributed by atoms with Crippen molar-refractivity contribution in [3.05, 3.63) is 65.5 Å². The van der Waals surface area contributed by atoms with Gasteiger partial charge in [-0.3, -0.25) is 0 Å². The van der Waals surface area contributed by atoms with E-state index >= 15 is 0 Å². The summed E-state index contributed by atoms with van der Waals surface area (Å²) < 4.78 is 2.41. The summed E-state index contributed by atoms with van der Waals surface area (Å²) in [7, 11) is 0. The van der Waals surface area contributed by atoms with Crippen molar-refractivity contribution in [3.63, 3.8) is 0 Å². The number of benzene rings is 1. The molecule has 2 aromatic rings. The van der Waals surface area contributed by atoms with Gasteiger partial charge in [0.05, 0.1) is 5.41 Å². The second-order valence-electron chi connectivity index (χ2n) is 7.32. The van der Waals surface area contributed by atoms with Gasteiger partial charge in [0.15, 0.2) is 18.4 Å². The van der Waals surface area contributed by atoms with Crippen LogP contribution in [0.3, 0.4) is 0 Å². The Hall–Kier alpha value is -1.63. The zero-order chi connectivity index (χ0) is 14.4. The third-order valence-corrected chi connectivity index (χ3v) is 4.61. The van der Waals surface area contributed by atoms with Crippen LogP contribution in [-0.4, -0.2) is 0 Å². The lowest BCUT2D eigenvalue weighted by molar-refractivity contribution is -0.699. The average Bonchev–Trinajstić information content (AvgIpc) is 2.37. The summed E-state index contributed by atoms with van der Waals surface area (Å²) in [6, 6.07) is 15.5. The lowest BCUT2D eigenvalue weighted by atomic mass is 9.68. The summed E-state index contributed by atoms with van der Waals surface area (Å²) >= 11 is 0. The summed E-state index contributed by atoms with van der Waals surface area (Å²) in [6.07, 6.45) is 3.37. The summed E-state index contributed by atoms with van der Waals surface area (Å²) in [5.41, 5.74) is 4.76. The quantitative estimate of drug-likeness (QED) is 0.635. The van der Waals surface area contributed by atoms with Crippen LogP contribution in [0.25, 0.3) is 0 Å². The molecule has 0 atom stereocenters. The highest BCUT2D eigenvalue weighted by Gasteiger charge is 2.39. The number of fused-ring (bicyclic) bond motifs is 2. The van der Waals surface area contributed by atoms with Crippen LogP contribution >= 0.6 is 0 Å². The molecule has 0 saturated carbocycles. The maximum atomic E-state index is 2.41. The van der Waals surface area contributed by atoms with Gasteiger partial charge in [-0.05, 0) is 31.2 Å². The van der Waals surface area contributed by atoms with E-state index in [-0.39, 0.29) is 10.8 Å². The van der Waals surface area contributed by atoms with Crippen LogP contribution < -0.4 is 4.57 Å². The molecule has 0 fully saturated rings. The summed E-state index contributed by atoms with van der Waals surface area (Å²) in [6.45, 7) is 10.5. The molecule has 1 heteroatoms. The van der Waals surface area contributed by atoms with Gasteiger partial charge in [0.2, 0.25) is 0 Å². The molecule has 2 heterocycles. The fourth-order valence-electron chi connectivity index (χ4n) is 4.02. The second kappa shape index (κ2) is 4.44. The number of pyridine rings is 1. The molecule has 20 heavy (non-hydrogen) atoms. The Balaban J connectivity index is 2.23. The molecule has 1 aliphatic heterocycles. The van der Waals surface area contributed by atoms with Crippen LogP contribution in [0.1, 0.15) is 50.9 Å². The smallest absolute Gasteiger partial charge is 0.187 e. The molecule has 0 unspecified atom stereocenters. The topological polar surface area (TPSA) is 3.88 Å². The molecule has 3 rings (SSSR count). The SMILES string of the molecule is CC1(C)CC(C)(C)c2cccc[n+]2Cc2ccccc21. The van der Waals surface area contributed by atoms with Crippen molar-refractivity contribution in [1.82, 2.24) is 0 Å². The van der Waals surface area contributed by atoms with Gasteiger partial charge >= 0.3 is 0 Å². The third-order valence-electron chi connectivity index (χ3n) is 4.61. The zero-order valence-corrected chi connectivity index (χ0v) is 13.0. The lowest BCUT2D eigenvalue weighted by Gasteiger charge is -2.36. The second-order valence-corrected chi connectivity index (χ2v) is 7.32. The Kier molecular flexibility index (Phi) is 2.97. The highest BCUT2D eigenvalue weighted by atomic mass is 15.0. The molecule has 0 bridgehead atoms. The number of hydrogen-bond donors (Lipinski definition) is 0. The standard InChI is InChI=1S/C19H24N/c1-18(2)14-19(3,4)17-11-7-8-12-20(17)13-15-9-5-6-10-16(15)18/h5-12H,13-14H2,1-4H3/q+1. The van der Waals surface area contributed by atoms with Crippen LogP contribution in [0.15, 0.2) is 48.7 Å². The Morgan fingerprint density at radius 2 is 1.55 bits per heavy atom. The van der Waals surface area contributed by atoms with E-state index in [0.717, 1.165) is 13.0 Å². The molecule has 1 aromatic heterocycles. The van der Waals surface area contributed by atoms with Gasteiger partial charge in [-0.25, -0.2) is 0 Å². The average molecular weight is 266 g/mol. The van der Waals surface area contributed by atoms with Gasteiger partial charge in [0.25, 0.3) is 0 Å². The third kappa shape index (κ3) is 2.15. The minimum absolute atomic E-state index is 0.179. The number of aromatic nitrogens is 1. The van der Waals surface area contributed by atoms with Gasteiger partial charge < -0.3 is 0 Å². The number of hydrogen-bond acceptors (Lipinski definition) is 0. The Morgan fingerprint density at radius 3 is 2.35 bits per heavy atom. The Labute approximate surface area is 122 Å². The number of rotatable bonds is 0. The zero-order valence-electron chi connectivity index (χ0n) is 13.0. The van der Waals surface area contributed by atoms with Crippen molar-refractivity contribution in [2.24, 2.45) is 0 Å². The van der Waals surface area contributed by atoms with Gasteiger partial charge in [-0.2, -0.15) is 4.57 Å². The highest BCUT2D eigenvalue weighted by Crippen LogP contribution is 2.40. The van der Waals surface area contributed by atoms with Gasteiger partial charge in [0.1, 0.15) is 0 Å². The first-order valence-corrected chi connectivity index (χ1v) is 7.47. The summed E-state index contributed by atoms with van der Waals surface area (Å²) in [4.78, 5) is 0. The first kappa shape index (κ1) is 13.4. The van der Waals surface area contributed by atoms with E-state index in [9.17, 15) is 0 Å². The molecule has 1 nitrogen and oxygen atoms in total. The fraction of sp³-hybridized carbons (Fsp3) is 0.421. The van der Waals surface area contributed by atoms with Crippen LogP contribution in [0.5, 0.6) is 0 Å². The molecule has 0 spiro atoms. The van der Waals surface area contributed by atoms with E-state index in [2.05, 4.69) is 80.9 Å². The maximum absolute atomic E-state index is 2.41. The molecular formula is C19H24N+. The molecule has 0 aliphatic carbocycles. The predicted octanol–water partition coefficient (Wildman–Crippen LogP) is 3.98. The van der Waals surface area contributed by atoms with Crippen molar-refractivity contribution in [1.29, 1.82) is 0 Å². The summed E-state index contributed by atoms with van der Waals surface area (Å²) in [5, 5.41) is 0. The molecule has 104 valence electrons. The van der Waals surface area contributed by atoms with E-state index in [0.29, 0.717) is 0 Å². The van der Waals surface area contributed by atoms with Crippen molar-refractivity contribution < 1.29 is 4.57 Å². The molecule has 0 amide bonds. The normalized spacial score (nSPS) is 19.4. The molecular weight excluding hydrogens is 242 g/mol. The van der Waals surface area contributed by atoms with Crippen molar-refractivity contribution in [2.75, 3.05) is 0 Å².